The molecule has 92 valence electrons. The summed E-state index contributed by atoms with van der Waals surface area (Å²) in [7, 11) is 0. The number of carboxylic acids is 1. The van der Waals surface area contributed by atoms with Gasteiger partial charge in [0, 0.05) is 0 Å². The first-order chi connectivity index (χ1) is 7.91. The van der Waals surface area contributed by atoms with Crippen LogP contribution >= 0.6 is 0 Å². The summed E-state index contributed by atoms with van der Waals surface area (Å²) in [6.07, 6.45) is -4.32. The van der Waals surface area contributed by atoms with E-state index in [9.17, 15) is 9.59 Å². The Hall–Kier alpha value is -1.92. The van der Waals surface area contributed by atoms with Crippen molar-refractivity contribution in [3.8, 4) is 5.75 Å². The number of hydrogen-bond donors (Lipinski definition) is 3. The minimum atomic E-state index is -2.20. The zero-order valence-corrected chi connectivity index (χ0v) is 9.03. The van der Waals surface area contributed by atoms with E-state index in [4.69, 9.17) is 20.1 Å². The molecular weight excluding hydrogens is 228 g/mol. The lowest BCUT2D eigenvalue weighted by Gasteiger charge is -2.12. The van der Waals surface area contributed by atoms with Gasteiger partial charge in [0.1, 0.15) is 5.75 Å². The number of carbonyl (C=O) groups is 2. The van der Waals surface area contributed by atoms with Gasteiger partial charge in [-0.2, -0.15) is 0 Å². The van der Waals surface area contributed by atoms with Gasteiger partial charge in [-0.3, -0.25) is 0 Å². The molecule has 6 nitrogen and oxygen atoms in total. The van der Waals surface area contributed by atoms with E-state index in [-0.39, 0.29) is 5.75 Å². The second-order valence-corrected chi connectivity index (χ2v) is 3.46. The van der Waals surface area contributed by atoms with Crippen molar-refractivity contribution in [3.05, 3.63) is 29.8 Å². The van der Waals surface area contributed by atoms with E-state index in [2.05, 4.69) is 0 Å². The Labute approximate surface area is 97.1 Å². The molecule has 0 spiro atoms. The van der Waals surface area contributed by atoms with Crippen molar-refractivity contribution in [2.24, 2.45) is 0 Å². The van der Waals surface area contributed by atoms with Crippen LogP contribution in [0.25, 0.3) is 0 Å². The third-order valence-electron chi connectivity index (χ3n) is 2.03. The van der Waals surface area contributed by atoms with Crippen molar-refractivity contribution < 1.29 is 29.6 Å². The molecule has 2 atom stereocenters. The molecule has 0 heterocycles. The first-order valence-electron chi connectivity index (χ1n) is 4.79. The van der Waals surface area contributed by atoms with Gasteiger partial charge in [-0.15, -0.1) is 0 Å². The summed E-state index contributed by atoms with van der Waals surface area (Å²) in [5.41, 5.74) is 0.955. The fourth-order valence-electron chi connectivity index (χ4n) is 1.05. The third-order valence-corrected chi connectivity index (χ3v) is 2.03. The predicted octanol–water partition coefficient (Wildman–Crippen LogP) is -0.293. The molecule has 0 amide bonds. The van der Waals surface area contributed by atoms with E-state index >= 15 is 0 Å². The number of hydrogen-bond acceptors (Lipinski definition) is 5. The van der Waals surface area contributed by atoms with E-state index < -0.39 is 24.1 Å². The van der Waals surface area contributed by atoms with E-state index in [0.29, 0.717) is 0 Å². The topological polar surface area (TPSA) is 104 Å². The lowest BCUT2D eigenvalue weighted by molar-refractivity contribution is -0.164. The molecule has 0 aromatic heterocycles. The van der Waals surface area contributed by atoms with E-state index in [1.807, 2.05) is 6.92 Å². The molecule has 0 radical (unpaired) electrons. The van der Waals surface area contributed by atoms with Crippen LogP contribution in [0.1, 0.15) is 5.56 Å². The summed E-state index contributed by atoms with van der Waals surface area (Å²) in [4.78, 5) is 21.6. The molecule has 0 saturated carbocycles. The summed E-state index contributed by atoms with van der Waals surface area (Å²) < 4.78 is 4.69. The van der Waals surface area contributed by atoms with Crippen LogP contribution in [0.4, 0.5) is 0 Å². The van der Waals surface area contributed by atoms with Crippen molar-refractivity contribution >= 4 is 11.9 Å². The summed E-state index contributed by atoms with van der Waals surface area (Å²) >= 11 is 0. The molecule has 0 aliphatic carbocycles. The maximum Gasteiger partial charge on any atom is 0.343 e. The van der Waals surface area contributed by atoms with Crippen LogP contribution < -0.4 is 4.74 Å². The van der Waals surface area contributed by atoms with Crippen LogP contribution in [0.3, 0.4) is 0 Å². The minimum absolute atomic E-state index is 0.164. The van der Waals surface area contributed by atoms with Gasteiger partial charge in [-0.25, -0.2) is 9.59 Å². The highest BCUT2D eigenvalue weighted by molar-refractivity contribution is 5.85. The maximum atomic E-state index is 11.2. The van der Waals surface area contributed by atoms with Gasteiger partial charge in [0.25, 0.3) is 0 Å². The van der Waals surface area contributed by atoms with Gasteiger partial charge in [-0.1, -0.05) is 17.7 Å². The Bertz CT molecular complexity index is 410. The lowest BCUT2D eigenvalue weighted by Crippen LogP contribution is -2.41. The van der Waals surface area contributed by atoms with E-state index in [1.54, 1.807) is 12.1 Å². The molecule has 0 fully saturated rings. The van der Waals surface area contributed by atoms with E-state index in [1.165, 1.54) is 12.1 Å². The number of carbonyl (C=O) groups excluding carboxylic acids is 1. The summed E-state index contributed by atoms with van der Waals surface area (Å²) in [6, 6.07) is 6.35. The quantitative estimate of drug-likeness (QED) is 0.493. The van der Waals surface area contributed by atoms with Gasteiger partial charge in [0.05, 0.1) is 0 Å². The summed E-state index contributed by atoms with van der Waals surface area (Å²) in [5, 5.41) is 26.5. The molecule has 3 N–H and O–H groups in total. The number of rotatable bonds is 4. The first kappa shape index (κ1) is 13.1. The second-order valence-electron chi connectivity index (χ2n) is 3.46. The van der Waals surface area contributed by atoms with Crippen LogP contribution in [-0.2, 0) is 9.59 Å². The Morgan fingerprint density at radius 1 is 1.12 bits per heavy atom. The number of aryl methyl sites for hydroxylation is 1. The van der Waals surface area contributed by atoms with Gasteiger partial charge in [-0.05, 0) is 19.1 Å². The normalized spacial score (nSPS) is 13.8. The predicted molar refractivity (Wildman–Crippen MR) is 56.5 cm³/mol. The second kappa shape index (κ2) is 5.42. The Kier molecular flexibility index (Phi) is 4.19. The molecule has 0 saturated heterocycles. The molecular formula is C11H12O6. The van der Waals surface area contributed by atoms with Gasteiger partial charge in [0.15, 0.2) is 12.2 Å². The average Bonchev–Trinajstić information content (AvgIpc) is 2.30. The van der Waals surface area contributed by atoms with E-state index in [0.717, 1.165) is 5.56 Å². The van der Waals surface area contributed by atoms with Crippen LogP contribution in [0.5, 0.6) is 5.75 Å². The molecule has 0 aliphatic heterocycles. The van der Waals surface area contributed by atoms with Crippen molar-refractivity contribution in [2.75, 3.05) is 0 Å². The number of ether oxygens (including phenoxy) is 1. The molecule has 0 bridgehead atoms. The van der Waals surface area contributed by atoms with Gasteiger partial charge in [0.2, 0.25) is 0 Å². The van der Waals surface area contributed by atoms with Crippen LogP contribution in [0.2, 0.25) is 0 Å². The van der Waals surface area contributed by atoms with Crippen molar-refractivity contribution in [3.63, 3.8) is 0 Å². The summed E-state index contributed by atoms with van der Waals surface area (Å²) in [6.45, 7) is 1.84. The van der Waals surface area contributed by atoms with Crippen molar-refractivity contribution in [2.45, 2.75) is 19.1 Å². The van der Waals surface area contributed by atoms with Crippen LogP contribution in [0.15, 0.2) is 24.3 Å². The SMILES string of the molecule is Cc1ccc(OC(=O)[C@H](O)[C@@H](O)C(=O)O)cc1. The molecule has 0 unspecified atom stereocenters. The third kappa shape index (κ3) is 3.54. The number of aliphatic hydroxyl groups excluding tert-OH is 2. The fourth-order valence-corrected chi connectivity index (χ4v) is 1.05. The standard InChI is InChI=1S/C11H12O6/c1-6-2-4-7(5-3-6)17-11(16)9(13)8(12)10(14)15/h2-5,8-9,12-13H,1H3,(H,14,15)/t8-,9-/m1/s1. The highest BCUT2D eigenvalue weighted by Gasteiger charge is 2.31. The van der Waals surface area contributed by atoms with Crippen LogP contribution in [-0.4, -0.2) is 39.5 Å². The van der Waals surface area contributed by atoms with Crippen molar-refractivity contribution in [1.82, 2.24) is 0 Å². The molecule has 17 heavy (non-hydrogen) atoms. The largest absolute Gasteiger partial charge is 0.479 e. The summed E-state index contributed by atoms with van der Waals surface area (Å²) in [5.74, 6) is -2.75. The van der Waals surface area contributed by atoms with Gasteiger partial charge >= 0.3 is 11.9 Å². The highest BCUT2D eigenvalue weighted by atomic mass is 16.6. The number of aliphatic carboxylic acids is 1. The maximum absolute atomic E-state index is 11.2. The number of carboxylic acid groups (broad SMARTS) is 1. The molecule has 1 aromatic carbocycles. The zero-order chi connectivity index (χ0) is 13.0. The average molecular weight is 240 g/mol. The smallest absolute Gasteiger partial charge is 0.343 e. The Balaban J connectivity index is 2.66. The first-order valence-corrected chi connectivity index (χ1v) is 4.79. The van der Waals surface area contributed by atoms with Crippen molar-refractivity contribution in [1.29, 1.82) is 0 Å². The highest BCUT2D eigenvalue weighted by Crippen LogP contribution is 2.12. The van der Waals surface area contributed by atoms with Gasteiger partial charge < -0.3 is 20.1 Å². The monoisotopic (exact) mass is 240 g/mol. The Morgan fingerprint density at radius 3 is 2.12 bits per heavy atom. The molecule has 6 heteroatoms. The molecule has 1 aromatic rings. The number of esters is 1. The van der Waals surface area contributed by atoms with Crippen LogP contribution in [0, 0.1) is 6.92 Å². The number of aliphatic hydroxyl groups is 2. The Morgan fingerprint density at radius 2 is 1.65 bits per heavy atom. The fraction of sp³-hybridized carbons (Fsp3) is 0.273. The molecule has 1 rings (SSSR count). The molecule has 0 aliphatic rings. The minimum Gasteiger partial charge on any atom is -0.479 e. The lowest BCUT2D eigenvalue weighted by atomic mass is 10.2. The zero-order valence-electron chi connectivity index (χ0n) is 9.03. The number of benzene rings is 1.